The fraction of sp³-hybridized carbons (Fsp3) is 0.385. The van der Waals surface area contributed by atoms with E-state index < -0.39 is 0 Å². The Balaban J connectivity index is 1.75. The largest absolute Gasteiger partial charge is 0.350 e. The summed E-state index contributed by atoms with van der Waals surface area (Å²) in [5, 5.41) is 2.81. The van der Waals surface area contributed by atoms with Gasteiger partial charge in [-0.1, -0.05) is 18.2 Å². The molecule has 0 bridgehead atoms. The van der Waals surface area contributed by atoms with Crippen LogP contribution in [0, 0.1) is 0 Å². The van der Waals surface area contributed by atoms with Crippen molar-refractivity contribution in [3.8, 4) is 0 Å². The lowest BCUT2D eigenvalue weighted by Crippen LogP contribution is -2.35. The Morgan fingerprint density at radius 1 is 1.29 bits per heavy atom. The molecule has 0 saturated carbocycles. The predicted octanol–water partition coefficient (Wildman–Crippen LogP) is 1.04. The number of hydrogen-bond donors (Lipinski definition) is 1. The normalized spacial score (nSPS) is 15.1. The molecule has 0 aliphatic carbocycles. The summed E-state index contributed by atoms with van der Waals surface area (Å²) in [6.07, 6.45) is 1.58. The molecule has 1 aliphatic heterocycles. The number of hydrogen-bond acceptors (Lipinski definition) is 2. The number of likely N-dealkylation sites (tertiary alicyclic amines) is 1. The summed E-state index contributed by atoms with van der Waals surface area (Å²) < 4.78 is 0. The Bertz CT molecular complexity index is 403. The number of rotatable bonds is 4. The van der Waals surface area contributed by atoms with E-state index in [9.17, 15) is 9.59 Å². The molecule has 0 unspecified atom stereocenters. The van der Waals surface area contributed by atoms with Crippen molar-refractivity contribution in [2.45, 2.75) is 12.8 Å². The fourth-order valence-electron chi connectivity index (χ4n) is 1.94. The van der Waals surface area contributed by atoms with Gasteiger partial charge in [-0.15, -0.1) is 0 Å². The van der Waals surface area contributed by atoms with Crippen molar-refractivity contribution in [3.05, 3.63) is 35.9 Å². The van der Waals surface area contributed by atoms with Crippen LogP contribution in [0.1, 0.15) is 23.2 Å². The number of amides is 2. The molecule has 0 aromatic heterocycles. The highest BCUT2D eigenvalue weighted by molar-refractivity contribution is 5.94. The van der Waals surface area contributed by atoms with Crippen molar-refractivity contribution < 1.29 is 9.59 Å². The van der Waals surface area contributed by atoms with Gasteiger partial charge in [0.1, 0.15) is 0 Å². The number of carbonyl (C=O) groups excluding carboxylic acids is 2. The van der Waals surface area contributed by atoms with Crippen LogP contribution >= 0.6 is 0 Å². The lowest BCUT2D eigenvalue weighted by molar-refractivity contribution is -0.127. The van der Waals surface area contributed by atoms with Crippen LogP contribution in [-0.4, -0.2) is 36.3 Å². The van der Waals surface area contributed by atoms with E-state index in [2.05, 4.69) is 5.32 Å². The van der Waals surface area contributed by atoms with E-state index in [1.54, 1.807) is 17.0 Å². The van der Waals surface area contributed by atoms with E-state index in [1.165, 1.54) is 0 Å². The highest BCUT2D eigenvalue weighted by atomic mass is 16.2. The standard InChI is InChI=1S/C13H16N2O2/c16-12-7-4-9-15(12)10-8-14-13(17)11-5-2-1-3-6-11/h1-3,5-6H,4,7-10H2,(H,14,17). The lowest BCUT2D eigenvalue weighted by Gasteiger charge is -2.15. The van der Waals surface area contributed by atoms with Crippen molar-refractivity contribution in [1.82, 2.24) is 10.2 Å². The van der Waals surface area contributed by atoms with Crippen LogP contribution < -0.4 is 5.32 Å². The Kier molecular flexibility index (Phi) is 3.75. The molecule has 2 rings (SSSR count). The van der Waals surface area contributed by atoms with E-state index in [1.807, 2.05) is 18.2 Å². The van der Waals surface area contributed by atoms with Crippen LogP contribution in [0.3, 0.4) is 0 Å². The van der Waals surface area contributed by atoms with Gasteiger partial charge in [0.05, 0.1) is 0 Å². The molecular weight excluding hydrogens is 216 g/mol. The van der Waals surface area contributed by atoms with Gasteiger partial charge in [-0.2, -0.15) is 0 Å². The topological polar surface area (TPSA) is 49.4 Å². The van der Waals surface area contributed by atoms with Gasteiger partial charge in [-0.05, 0) is 18.6 Å². The third kappa shape index (κ3) is 3.06. The van der Waals surface area contributed by atoms with Crippen molar-refractivity contribution >= 4 is 11.8 Å². The number of nitrogens with one attached hydrogen (secondary N) is 1. The second-order valence-electron chi connectivity index (χ2n) is 4.11. The van der Waals surface area contributed by atoms with Crippen LogP contribution in [0.5, 0.6) is 0 Å². The van der Waals surface area contributed by atoms with E-state index in [4.69, 9.17) is 0 Å². The summed E-state index contributed by atoms with van der Waals surface area (Å²) in [6.45, 7) is 1.94. The van der Waals surface area contributed by atoms with Gasteiger partial charge in [-0.25, -0.2) is 0 Å². The zero-order valence-corrected chi connectivity index (χ0v) is 9.69. The van der Waals surface area contributed by atoms with Crippen molar-refractivity contribution in [3.63, 3.8) is 0 Å². The molecule has 0 spiro atoms. The molecule has 1 N–H and O–H groups in total. The summed E-state index contributed by atoms with van der Waals surface area (Å²) >= 11 is 0. The van der Waals surface area contributed by atoms with Gasteiger partial charge in [0.25, 0.3) is 5.91 Å². The molecule has 90 valence electrons. The first-order valence-electron chi connectivity index (χ1n) is 5.88. The minimum absolute atomic E-state index is 0.0859. The maximum atomic E-state index is 11.7. The second kappa shape index (κ2) is 5.48. The van der Waals surface area contributed by atoms with Crippen LogP contribution in [0.25, 0.3) is 0 Å². The zero-order chi connectivity index (χ0) is 12.1. The van der Waals surface area contributed by atoms with Gasteiger partial charge >= 0.3 is 0 Å². The minimum Gasteiger partial charge on any atom is -0.350 e. The molecule has 1 aromatic rings. The van der Waals surface area contributed by atoms with Crippen molar-refractivity contribution in [1.29, 1.82) is 0 Å². The van der Waals surface area contributed by atoms with Crippen molar-refractivity contribution in [2.24, 2.45) is 0 Å². The average Bonchev–Trinajstić information content (AvgIpc) is 2.76. The first-order chi connectivity index (χ1) is 8.27. The number of carbonyl (C=O) groups is 2. The molecule has 4 nitrogen and oxygen atoms in total. The molecule has 4 heteroatoms. The van der Waals surface area contributed by atoms with Gasteiger partial charge in [0.15, 0.2) is 0 Å². The van der Waals surface area contributed by atoms with E-state index in [0.29, 0.717) is 25.1 Å². The maximum Gasteiger partial charge on any atom is 0.251 e. The summed E-state index contributed by atoms with van der Waals surface area (Å²) in [5.74, 6) is 0.108. The maximum absolute atomic E-state index is 11.7. The Morgan fingerprint density at radius 3 is 2.71 bits per heavy atom. The highest BCUT2D eigenvalue weighted by Crippen LogP contribution is 2.08. The first kappa shape index (κ1) is 11.6. The summed E-state index contributed by atoms with van der Waals surface area (Å²) in [6, 6.07) is 9.09. The highest BCUT2D eigenvalue weighted by Gasteiger charge is 2.19. The molecule has 2 amide bonds. The molecule has 0 atom stereocenters. The summed E-state index contributed by atoms with van der Waals surface area (Å²) in [4.78, 5) is 24.8. The van der Waals surface area contributed by atoms with Crippen LogP contribution in [-0.2, 0) is 4.79 Å². The van der Waals surface area contributed by atoms with Crippen molar-refractivity contribution in [2.75, 3.05) is 19.6 Å². The van der Waals surface area contributed by atoms with Gasteiger partial charge in [0.2, 0.25) is 5.91 Å². The monoisotopic (exact) mass is 232 g/mol. The quantitative estimate of drug-likeness (QED) is 0.843. The third-order valence-corrected chi connectivity index (χ3v) is 2.87. The van der Waals surface area contributed by atoms with Gasteiger partial charge in [0, 0.05) is 31.6 Å². The predicted molar refractivity (Wildman–Crippen MR) is 64.6 cm³/mol. The van der Waals surface area contributed by atoms with Crippen LogP contribution in [0.2, 0.25) is 0 Å². The number of benzene rings is 1. The molecule has 1 saturated heterocycles. The van der Waals surface area contributed by atoms with Gasteiger partial charge < -0.3 is 10.2 Å². The summed E-state index contributed by atoms with van der Waals surface area (Å²) in [5.41, 5.74) is 0.653. The fourth-order valence-corrected chi connectivity index (χ4v) is 1.94. The molecule has 1 aliphatic rings. The van der Waals surface area contributed by atoms with Crippen LogP contribution in [0.15, 0.2) is 30.3 Å². The molecule has 17 heavy (non-hydrogen) atoms. The smallest absolute Gasteiger partial charge is 0.251 e. The Labute approximate surface area is 101 Å². The van der Waals surface area contributed by atoms with E-state index in [0.717, 1.165) is 13.0 Å². The summed E-state index contributed by atoms with van der Waals surface area (Å²) in [7, 11) is 0. The van der Waals surface area contributed by atoms with E-state index in [-0.39, 0.29) is 11.8 Å². The molecule has 0 radical (unpaired) electrons. The zero-order valence-electron chi connectivity index (χ0n) is 9.69. The SMILES string of the molecule is O=C(NCCN1CCCC1=O)c1ccccc1. The molecular formula is C13H16N2O2. The van der Waals surface area contributed by atoms with E-state index >= 15 is 0 Å². The van der Waals surface area contributed by atoms with Gasteiger partial charge in [-0.3, -0.25) is 9.59 Å². The lowest BCUT2D eigenvalue weighted by atomic mass is 10.2. The third-order valence-electron chi connectivity index (χ3n) is 2.87. The minimum atomic E-state index is -0.0859. The molecule has 1 heterocycles. The first-order valence-corrected chi connectivity index (χ1v) is 5.88. The average molecular weight is 232 g/mol. The Morgan fingerprint density at radius 2 is 2.06 bits per heavy atom. The Hall–Kier alpha value is -1.84. The number of nitrogens with zero attached hydrogens (tertiary/aromatic N) is 1. The van der Waals surface area contributed by atoms with Crippen LogP contribution in [0.4, 0.5) is 0 Å². The second-order valence-corrected chi connectivity index (χ2v) is 4.11. The molecule has 1 aromatic carbocycles. The molecule has 1 fully saturated rings.